The zero-order valence-corrected chi connectivity index (χ0v) is 13.3. The lowest BCUT2D eigenvalue weighted by molar-refractivity contribution is 0.000998. The van der Waals surface area contributed by atoms with Crippen molar-refractivity contribution >= 4 is 0 Å². The van der Waals surface area contributed by atoms with Crippen molar-refractivity contribution in [3.8, 4) is 11.3 Å². The standard InChI is InChI=1S/C16H24N4O2/c1-3-12(4-2)7-17-8-14-9-20-15(11-22-14)16(18-19-20)13-5-6-21-10-13/h5-6,10,12,14,17H,3-4,7-9,11H2,1-2H3/t14-/m0/s1. The summed E-state index contributed by atoms with van der Waals surface area (Å²) in [4.78, 5) is 0. The highest BCUT2D eigenvalue weighted by molar-refractivity contribution is 5.59. The summed E-state index contributed by atoms with van der Waals surface area (Å²) in [6, 6.07) is 1.90. The van der Waals surface area contributed by atoms with E-state index < -0.39 is 0 Å². The Morgan fingerprint density at radius 2 is 2.27 bits per heavy atom. The van der Waals surface area contributed by atoms with Crippen molar-refractivity contribution in [2.24, 2.45) is 5.92 Å². The van der Waals surface area contributed by atoms with Crippen molar-refractivity contribution in [2.75, 3.05) is 13.1 Å². The molecule has 2 aromatic rings. The van der Waals surface area contributed by atoms with Gasteiger partial charge >= 0.3 is 0 Å². The van der Waals surface area contributed by atoms with Gasteiger partial charge < -0.3 is 14.5 Å². The van der Waals surface area contributed by atoms with Gasteiger partial charge in [0.15, 0.2) is 0 Å². The Morgan fingerprint density at radius 3 is 3.00 bits per heavy atom. The minimum Gasteiger partial charge on any atom is -0.472 e. The van der Waals surface area contributed by atoms with E-state index in [0.29, 0.717) is 6.61 Å². The van der Waals surface area contributed by atoms with E-state index in [0.717, 1.165) is 42.5 Å². The largest absolute Gasteiger partial charge is 0.472 e. The molecule has 22 heavy (non-hydrogen) atoms. The van der Waals surface area contributed by atoms with Gasteiger partial charge in [0.05, 0.1) is 37.5 Å². The Bertz CT molecular complexity index is 575. The van der Waals surface area contributed by atoms with Crippen molar-refractivity contribution in [3.63, 3.8) is 0 Å². The van der Waals surface area contributed by atoms with E-state index in [-0.39, 0.29) is 6.10 Å². The Labute approximate surface area is 130 Å². The van der Waals surface area contributed by atoms with Crippen LogP contribution in [0.15, 0.2) is 23.0 Å². The first-order chi connectivity index (χ1) is 10.8. The summed E-state index contributed by atoms with van der Waals surface area (Å²) in [5.41, 5.74) is 2.84. The quantitative estimate of drug-likeness (QED) is 0.851. The van der Waals surface area contributed by atoms with E-state index in [2.05, 4.69) is 29.5 Å². The first-order valence-corrected chi connectivity index (χ1v) is 8.09. The molecule has 0 aromatic carbocycles. The summed E-state index contributed by atoms with van der Waals surface area (Å²) < 4.78 is 13.0. The van der Waals surface area contributed by atoms with Gasteiger partial charge in [-0.1, -0.05) is 31.9 Å². The number of ether oxygens (including phenoxy) is 1. The first-order valence-electron chi connectivity index (χ1n) is 8.09. The maximum atomic E-state index is 5.96. The molecular weight excluding hydrogens is 280 g/mol. The van der Waals surface area contributed by atoms with Crippen LogP contribution in [0.5, 0.6) is 0 Å². The van der Waals surface area contributed by atoms with Gasteiger partial charge in [-0.2, -0.15) is 0 Å². The van der Waals surface area contributed by atoms with E-state index in [9.17, 15) is 0 Å². The van der Waals surface area contributed by atoms with Crippen molar-refractivity contribution in [1.29, 1.82) is 0 Å². The number of hydrogen-bond acceptors (Lipinski definition) is 5. The average Bonchev–Trinajstić information content (AvgIpc) is 3.20. The minimum absolute atomic E-state index is 0.153. The lowest BCUT2D eigenvalue weighted by Crippen LogP contribution is -2.38. The summed E-state index contributed by atoms with van der Waals surface area (Å²) in [5, 5.41) is 12.0. The molecule has 3 rings (SSSR count). The second-order valence-electron chi connectivity index (χ2n) is 5.85. The Kier molecular flexibility index (Phi) is 4.90. The smallest absolute Gasteiger partial charge is 0.121 e. The number of hydrogen-bond donors (Lipinski definition) is 1. The molecule has 6 heteroatoms. The van der Waals surface area contributed by atoms with Crippen LogP contribution in [-0.4, -0.2) is 34.2 Å². The molecule has 0 fully saturated rings. The topological polar surface area (TPSA) is 65.1 Å². The van der Waals surface area contributed by atoms with Crippen LogP contribution in [-0.2, 0) is 17.9 Å². The van der Waals surface area contributed by atoms with Crippen LogP contribution in [0.1, 0.15) is 32.4 Å². The minimum atomic E-state index is 0.153. The lowest BCUT2D eigenvalue weighted by Gasteiger charge is -2.25. The molecule has 1 aliphatic rings. The number of fused-ring (bicyclic) bond motifs is 1. The zero-order valence-electron chi connectivity index (χ0n) is 13.3. The maximum Gasteiger partial charge on any atom is 0.121 e. The van der Waals surface area contributed by atoms with Crippen molar-refractivity contribution in [1.82, 2.24) is 20.3 Å². The zero-order chi connectivity index (χ0) is 15.4. The first kappa shape index (κ1) is 15.2. The molecule has 0 aliphatic carbocycles. The number of aromatic nitrogens is 3. The summed E-state index contributed by atoms with van der Waals surface area (Å²) in [5.74, 6) is 0.748. The fourth-order valence-electron chi connectivity index (χ4n) is 2.84. The molecule has 0 unspecified atom stereocenters. The highest BCUT2D eigenvalue weighted by atomic mass is 16.5. The number of nitrogens with one attached hydrogen (secondary N) is 1. The summed E-state index contributed by atoms with van der Waals surface area (Å²) in [6.07, 6.45) is 5.93. The molecular formula is C16H24N4O2. The molecule has 0 spiro atoms. The number of furan rings is 1. The van der Waals surface area contributed by atoms with Gasteiger partial charge in [0.1, 0.15) is 5.69 Å². The summed E-state index contributed by atoms with van der Waals surface area (Å²) >= 11 is 0. The van der Waals surface area contributed by atoms with E-state index in [4.69, 9.17) is 9.15 Å². The molecule has 0 amide bonds. The molecule has 0 radical (unpaired) electrons. The lowest BCUT2D eigenvalue weighted by atomic mass is 10.0. The van der Waals surface area contributed by atoms with Gasteiger partial charge in [0, 0.05) is 12.1 Å². The maximum absolute atomic E-state index is 5.96. The van der Waals surface area contributed by atoms with Gasteiger partial charge in [-0.25, -0.2) is 4.68 Å². The molecule has 2 aromatic heterocycles. The molecule has 0 bridgehead atoms. The van der Waals surface area contributed by atoms with E-state index in [1.165, 1.54) is 12.8 Å². The average molecular weight is 304 g/mol. The monoisotopic (exact) mass is 304 g/mol. The van der Waals surface area contributed by atoms with Gasteiger partial charge in [-0.05, 0) is 18.5 Å². The van der Waals surface area contributed by atoms with Gasteiger partial charge in [0.25, 0.3) is 0 Å². The van der Waals surface area contributed by atoms with Gasteiger partial charge in [0.2, 0.25) is 0 Å². The summed E-state index contributed by atoms with van der Waals surface area (Å²) in [7, 11) is 0. The van der Waals surface area contributed by atoms with Crippen LogP contribution in [0, 0.1) is 5.92 Å². The molecule has 1 N–H and O–H groups in total. The van der Waals surface area contributed by atoms with Crippen LogP contribution < -0.4 is 5.32 Å². The van der Waals surface area contributed by atoms with Gasteiger partial charge in [-0.3, -0.25) is 0 Å². The Morgan fingerprint density at radius 1 is 1.41 bits per heavy atom. The number of nitrogens with zero attached hydrogens (tertiary/aromatic N) is 3. The fraction of sp³-hybridized carbons (Fsp3) is 0.625. The van der Waals surface area contributed by atoms with Crippen molar-refractivity contribution in [3.05, 3.63) is 24.3 Å². The Hall–Kier alpha value is -1.66. The predicted octanol–water partition coefficient (Wildman–Crippen LogP) is 2.46. The molecule has 3 heterocycles. The third-order valence-electron chi connectivity index (χ3n) is 4.42. The third kappa shape index (κ3) is 3.23. The van der Waals surface area contributed by atoms with Crippen LogP contribution in [0.25, 0.3) is 11.3 Å². The van der Waals surface area contributed by atoms with Crippen LogP contribution in [0.3, 0.4) is 0 Å². The summed E-state index contributed by atoms with van der Waals surface area (Å²) in [6.45, 7) is 7.69. The molecule has 120 valence electrons. The predicted molar refractivity (Wildman–Crippen MR) is 83.2 cm³/mol. The SMILES string of the molecule is CCC(CC)CNC[C@H]1Cn2nnc(-c3ccoc3)c2CO1. The van der Waals surface area contributed by atoms with Gasteiger partial charge in [-0.15, -0.1) is 5.10 Å². The second kappa shape index (κ2) is 7.07. The number of rotatable bonds is 7. The third-order valence-corrected chi connectivity index (χ3v) is 4.42. The van der Waals surface area contributed by atoms with E-state index in [1.807, 2.05) is 10.7 Å². The second-order valence-corrected chi connectivity index (χ2v) is 5.85. The van der Waals surface area contributed by atoms with E-state index in [1.54, 1.807) is 12.5 Å². The van der Waals surface area contributed by atoms with Crippen LogP contribution >= 0.6 is 0 Å². The molecule has 0 saturated heterocycles. The normalized spacial score (nSPS) is 17.9. The highest BCUT2D eigenvalue weighted by Gasteiger charge is 2.24. The molecule has 1 atom stereocenters. The molecule has 0 saturated carbocycles. The fourth-order valence-corrected chi connectivity index (χ4v) is 2.84. The van der Waals surface area contributed by atoms with Crippen molar-refractivity contribution in [2.45, 2.75) is 45.9 Å². The highest BCUT2D eigenvalue weighted by Crippen LogP contribution is 2.25. The Balaban J connectivity index is 1.56. The van der Waals surface area contributed by atoms with Crippen LogP contribution in [0.4, 0.5) is 0 Å². The van der Waals surface area contributed by atoms with Crippen LogP contribution in [0.2, 0.25) is 0 Å². The molecule has 6 nitrogen and oxygen atoms in total. The molecule has 1 aliphatic heterocycles. The van der Waals surface area contributed by atoms with Crippen molar-refractivity contribution < 1.29 is 9.15 Å². The van der Waals surface area contributed by atoms with E-state index >= 15 is 0 Å².